The molecule has 0 saturated heterocycles. The van der Waals surface area contributed by atoms with E-state index in [2.05, 4.69) is 34.0 Å². The summed E-state index contributed by atoms with van der Waals surface area (Å²) in [7, 11) is 0. The van der Waals surface area contributed by atoms with E-state index in [9.17, 15) is 14.4 Å². The van der Waals surface area contributed by atoms with Gasteiger partial charge >= 0.3 is 5.97 Å². The number of carbonyl (C=O) groups is 3. The topological polar surface area (TPSA) is 126 Å². The zero-order chi connectivity index (χ0) is 31.6. The summed E-state index contributed by atoms with van der Waals surface area (Å²) in [4.78, 5) is 47.8. The number of rotatable bonds is 8. The lowest BCUT2D eigenvalue weighted by Crippen LogP contribution is -2.55. The van der Waals surface area contributed by atoms with Crippen molar-refractivity contribution in [2.45, 2.75) is 70.4 Å². The molecule has 232 valence electrons. The normalized spacial score (nSPS) is 20.0. The van der Waals surface area contributed by atoms with Crippen LogP contribution in [0, 0.1) is 11.8 Å². The molecular formula is C36H39N5O4. The molecule has 9 heteroatoms. The first kappa shape index (κ1) is 30.2. The Morgan fingerprint density at radius 3 is 2.36 bits per heavy atom. The van der Waals surface area contributed by atoms with Crippen molar-refractivity contribution in [3.05, 3.63) is 84.1 Å². The van der Waals surface area contributed by atoms with Gasteiger partial charge in [0.1, 0.15) is 11.2 Å². The first-order chi connectivity index (χ1) is 21.7. The Balaban J connectivity index is 1.27. The minimum atomic E-state index is -1.03. The minimum Gasteiger partial charge on any atom is -0.478 e. The van der Waals surface area contributed by atoms with Crippen LogP contribution >= 0.6 is 0 Å². The van der Waals surface area contributed by atoms with Gasteiger partial charge in [-0.1, -0.05) is 51.3 Å². The zero-order valence-corrected chi connectivity index (χ0v) is 25.7. The maximum absolute atomic E-state index is 13.8. The number of benzene rings is 2. The summed E-state index contributed by atoms with van der Waals surface area (Å²) in [6, 6.07) is 18.7. The lowest BCUT2D eigenvalue weighted by molar-refractivity contribution is -0.131. The molecule has 2 heterocycles. The van der Waals surface area contributed by atoms with Crippen molar-refractivity contribution in [1.82, 2.24) is 19.9 Å². The number of carboxylic acids is 1. The van der Waals surface area contributed by atoms with E-state index in [1.807, 2.05) is 36.4 Å². The Bertz CT molecular complexity index is 1730. The van der Waals surface area contributed by atoms with Crippen LogP contribution in [0.4, 0.5) is 5.69 Å². The Morgan fingerprint density at radius 2 is 1.69 bits per heavy atom. The fourth-order valence-electron chi connectivity index (χ4n) is 7.16. The number of nitrogens with one attached hydrogen (secondary N) is 2. The predicted octanol–water partition coefficient (Wildman–Crippen LogP) is 6.87. The predicted molar refractivity (Wildman–Crippen MR) is 175 cm³/mol. The number of fused-ring (bicyclic) bond motifs is 1. The van der Waals surface area contributed by atoms with Crippen molar-refractivity contribution in [2.75, 3.05) is 5.32 Å². The van der Waals surface area contributed by atoms with E-state index in [-0.39, 0.29) is 17.9 Å². The van der Waals surface area contributed by atoms with Crippen molar-refractivity contribution in [2.24, 2.45) is 11.8 Å². The molecule has 45 heavy (non-hydrogen) atoms. The van der Waals surface area contributed by atoms with Crippen molar-refractivity contribution < 1.29 is 19.5 Å². The van der Waals surface area contributed by atoms with Crippen LogP contribution in [0.2, 0.25) is 0 Å². The number of imidazole rings is 1. The summed E-state index contributed by atoms with van der Waals surface area (Å²) in [5.41, 5.74) is 3.22. The van der Waals surface area contributed by atoms with Gasteiger partial charge in [0.15, 0.2) is 5.82 Å². The van der Waals surface area contributed by atoms with Crippen LogP contribution in [0.1, 0.15) is 80.8 Å². The number of pyridine rings is 1. The standard InChI is InChI=1S/C36H39N5O4/c1-23-8-7-9-24(2)32(23)41-30-17-14-26(22-29(30)39-33(41)28-10-3-6-21-37-28)34(44)40-36(19-4-5-20-36)35(45)38-27-15-11-25(12-16-27)13-18-31(42)43/h3,6,10-18,21-24,32H,4-5,7-9,19-20H2,1-2H3,(H,38,45)(H,40,44)(H,42,43)/b18-13+/t23-,24-/m0/s1. The Morgan fingerprint density at radius 1 is 0.956 bits per heavy atom. The van der Waals surface area contributed by atoms with Gasteiger partial charge in [0.2, 0.25) is 5.91 Å². The van der Waals surface area contributed by atoms with Crippen LogP contribution in [0.3, 0.4) is 0 Å². The molecule has 2 saturated carbocycles. The quantitative estimate of drug-likeness (QED) is 0.188. The third-order valence-corrected chi connectivity index (χ3v) is 9.46. The molecule has 2 aromatic carbocycles. The highest BCUT2D eigenvalue weighted by Crippen LogP contribution is 2.42. The summed E-state index contributed by atoms with van der Waals surface area (Å²) in [5, 5.41) is 14.9. The first-order valence-corrected chi connectivity index (χ1v) is 15.8. The van der Waals surface area contributed by atoms with Gasteiger partial charge in [0.05, 0.1) is 11.0 Å². The van der Waals surface area contributed by atoms with Gasteiger partial charge in [-0.15, -0.1) is 0 Å². The van der Waals surface area contributed by atoms with Gasteiger partial charge in [0, 0.05) is 29.6 Å². The van der Waals surface area contributed by atoms with Crippen LogP contribution in [0.5, 0.6) is 0 Å². The summed E-state index contributed by atoms with van der Waals surface area (Å²) in [5.74, 6) is 0.178. The number of nitrogens with zero attached hydrogens (tertiary/aromatic N) is 3. The van der Waals surface area contributed by atoms with Crippen LogP contribution in [-0.4, -0.2) is 43.0 Å². The van der Waals surface area contributed by atoms with Gasteiger partial charge in [-0.25, -0.2) is 9.78 Å². The maximum Gasteiger partial charge on any atom is 0.328 e. The second-order valence-electron chi connectivity index (χ2n) is 12.6. The van der Waals surface area contributed by atoms with E-state index in [1.54, 1.807) is 30.5 Å². The van der Waals surface area contributed by atoms with Crippen LogP contribution in [0.15, 0.2) is 72.9 Å². The molecule has 0 aliphatic heterocycles. The van der Waals surface area contributed by atoms with E-state index < -0.39 is 11.5 Å². The number of hydrogen-bond donors (Lipinski definition) is 3. The highest BCUT2D eigenvalue weighted by Gasteiger charge is 2.43. The van der Waals surface area contributed by atoms with Crippen molar-refractivity contribution >= 4 is 40.6 Å². The Hall–Kier alpha value is -4.79. The Kier molecular flexibility index (Phi) is 8.52. The number of carboxylic acid groups (broad SMARTS) is 1. The third-order valence-electron chi connectivity index (χ3n) is 9.46. The fraction of sp³-hybridized carbons (Fsp3) is 0.361. The molecule has 2 aromatic heterocycles. The number of amides is 2. The van der Waals surface area contributed by atoms with E-state index in [0.29, 0.717) is 41.5 Å². The van der Waals surface area contributed by atoms with Crippen molar-refractivity contribution in [3.8, 4) is 11.5 Å². The van der Waals surface area contributed by atoms with Crippen molar-refractivity contribution in [1.29, 1.82) is 0 Å². The van der Waals surface area contributed by atoms with Gasteiger partial charge < -0.3 is 20.3 Å². The van der Waals surface area contributed by atoms with E-state index in [1.165, 1.54) is 12.5 Å². The number of aromatic nitrogens is 3. The summed E-state index contributed by atoms with van der Waals surface area (Å²) >= 11 is 0. The molecule has 3 N–H and O–H groups in total. The molecule has 9 nitrogen and oxygen atoms in total. The molecule has 4 aromatic rings. The molecule has 2 aliphatic rings. The average molecular weight is 606 g/mol. The molecule has 0 bridgehead atoms. The summed E-state index contributed by atoms with van der Waals surface area (Å²) in [6.07, 6.45) is 10.6. The molecule has 0 unspecified atom stereocenters. The summed E-state index contributed by atoms with van der Waals surface area (Å²) < 4.78 is 2.34. The third kappa shape index (κ3) is 6.25. The second-order valence-corrected chi connectivity index (χ2v) is 12.6. The van der Waals surface area contributed by atoms with E-state index in [4.69, 9.17) is 10.1 Å². The second kappa shape index (κ2) is 12.7. The van der Waals surface area contributed by atoms with Crippen molar-refractivity contribution in [3.63, 3.8) is 0 Å². The molecule has 2 amide bonds. The number of hydrogen-bond acceptors (Lipinski definition) is 5. The van der Waals surface area contributed by atoms with Gasteiger partial charge in [0.25, 0.3) is 5.91 Å². The van der Waals surface area contributed by atoms with Crippen LogP contribution < -0.4 is 10.6 Å². The minimum absolute atomic E-state index is 0.259. The van der Waals surface area contributed by atoms with Crippen LogP contribution in [0.25, 0.3) is 28.6 Å². The zero-order valence-electron chi connectivity index (χ0n) is 25.7. The van der Waals surface area contributed by atoms with E-state index >= 15 is 0 Å². The van der Waals surface area contributed by atoms with Gasteiger partial charge in [-0.3, -0.25) is 14.6 Å². The monoisotopic (exact) mass is 605 g/mol. The average Bonchev–Trinajstić information content (AvgIpc) is 3.66. The SMILES string of the molecule is C[C@H]1CCC[C@H](C)C1n1c(-c2ccccn2)nc2cc(C(=O)NC3(C(=O)Nc4ccc(/C=C/C(=O)O)cc4)CCCC3)ccc21. The fourth-order valence-corrected chi connectivity index (χ4v) is 7.16. The first-order valence-electron chi connectivity index (χ1n) is 15.8. The largest absolute Gasteiger partial charge is 0.478 e. The molecule has 0 radical (unpaired) electrons. The van der Waals surface area contributed by atoms with Crippen LogP contribution in [-0.2, 0) is 9.59 Å². The number of carbonyl (C=O) groups excluding carboxylic acids is 2. The lowest BCUT2D eigenvalue weighted by Gasteiger charge is -2.36. The molecule has 2 fully saturated rings. The smallest absolute Gasteiger partial charge is 0.328 e. The molecule has 2 atom stereocenters. The number of anilines is 1. The highest BCUT2D eigenvalue weighted by atomic mass is 16.4. The Labute approximate surface area is 262 Å². The maximum atomic E-state index is 13.8. The van der Waals surface area contributed by atoms with Gasteiger partial charge in [-0.2, -0.15) is 0 Å². The summed E-state index contributed by atoms with van der Waals surface area (Å²) in [6.45, 7) is 4.63. The molecule has 0 spiro atoms. The van der Waals surface area contributed by atoms with Gasteiger partial charge in [-0.05, 0) is 91.6 Å². The molecule has 2 aliphatic carbocycles. The van der Waals surface area contributed by atoms with E-state index in [0.717, 1.165) is 54.3 Å². The molecule has 6 rings (SSSR count). The highest BCUT2D eigenvalue weighted by molar-refractivity contribution is 6.05. The lowest BCUT2D eigenvalue weighted by atomic mass is 9.78. The number of aliphatic carboxylic acids is 1. The molecular weight excluding hydrogens is 566 g/mol.